The molecule has 18 heavy (non-hydrogen) atoms. The third-order valence-corrected chi connectivity index (χ3v) is 4.04. The maximum atomic E-state index is 9.39. The Morgan fingerprint density at radius 2 is 1.94 bits per heavy atom. The molecule has 1 aromatic heterocycles. The summed E-state index contributed by atoms with van der Waals surface area (Å²) < 4.78 is 0. The van der Waals surface area contributed by atoms with Crippen molar-refractivity contribution in [2.45, 2.75) is 52.7 Å². The number of hydrogen-bond donors (Lipinski definition) is 2. The van der Waals surface area contributed by atoms with Crippen LogP contribution in [0.4, 0.5) is 0 Å². The first-order chi connectivity index (χ1) is 8.49. The van der Waals surface area contributed by atoms with Crippen LogP contribution in [0.1, 0.15) is 51.5 Å². The fourth-order valence-electron chi connectivity index (χ4n) is 2.27. The Balaban J connectivity index is 2.47. The van der Waals surface area contributed by atoms with E-state index in [0.29, 0.717) is 17.9 Å². The predicted octanol–water partition coefficient (Wildman–Crippen LogP) is 3.83. The predicted molar refractivity (Wildman–Crippen MR) is 80.0 cm³/mol. The molecule has 104 valence electrons. The molecule has 0 amide bonds. The zero-order valence-corrected chi connectivity index (χ0v) is 12.8. The highest BCUT2D eigenvalue weighted by atomic mass is 32.1. The van der Waals surface area contributed by atoms with Gasteiger partial charge in [-0.15, -0.1) is 11.3 Å². The van der Waals surface area contributed by atoms with Crippen LogP contribution in [0.2, 0.25) is 0 Å². The third-order valence-electron chi connectivity index (χ3n) is 3.05. The molecule has 0 aliphatic rings. The SMILES string of the molecule is CC(C)CC(NCC(C)CC(C)O)c1cccs1. The topological polar surface area (TPSA) is 32.3 Å². The van der Waals surface area contributed by atoms with Crippen molar-refractivity contribution in [3.05, 3.63) is 22.4 Å². The average molecular weight is 269 g/mol. The first-order valence-corrected chi connectivity index (χ1v) is 7.81. The number of aliphatic hydroxyl groups is 1. The van der Waals surface area contributed by atoms with E-state index in [4.69, 9.17) is 0 Å². The summed E-state index contributed by atoms with van der Waals surface area (Å²) in [5.41, 5.74) is 0. The minimum Gasteiger partial charge on any atom is -0.393 e. The monoisotopic (exact) mass is 269 g/mol. The van der Waals surface area contributed by atoms with Crippen molar-refractivity contribution < 1.29 is 5.11 Å². The van der Waals surface area contributed by atoms with Gasteiger partial charge in [-0.1, -0.05) is 26.8 Å². The normalized spacial score (nSPS) is 16.8. The lowest BCUT2D eigenvalue weighted by Crippen LogP contribution is -2.28. The van der Waals surface area contributed by atoms with E-state index < -0.39 is 0 Å². The molecule has 0 saturated carbocycles. The summed E-state index contributed by atoms with van der Waals surface area (Å²) in [6, 6.07) is 4.79. The van der Waals surface area contributed by atoms with Gasteiger partial charge in [0.1, 0.15) is 0 Å². The summed E-state index contributed by atoms with van der Waals surface area (Å²) >= 11 is 1.83. The molecule has 0 radical (unpaired) electrons. The maximum absolute atomic E-state index is 9.39. The molecule has 2 N–H and O–H groups in total. The van der Waals surface area contributed by atoms with E-state index in [1.54, 1.807) is 0 Å². The van der Waals surface area contributed by atoms with Gasteiger partial charge >= 0.3 is 0 Å². The molecular weight excluding hydrogens is 242 g/mol. The maximum Gasteiger partial charge on any atom is 0.0515 e. The van der Waals surface area contributed by atoms with Crippen LogP contribution in [-0.4, -0.2) is 17.8 Å². The summed E-state index contributed by atoms with van der Waals surface area (Å²) in [6.07, 6.45) is 1.83. The van der Waals surface area contributed by atoms with Crippen LogP contribution < -0.4 is 5.32 Å². The van der Waals surface area contributed by atoms with Crippen LogP contribution in [0.5, 0.6) is 0 Å². The second-order valence-corrected chi connectivity index (χ2v) is 6.77. The van der Waals surface area contributed by atoms with E-state index >= 15 is 0 Å². The van der Waals surface area contributed by atoms with Gasteiger partial charge in [-0.05, 0) is 49.6 Å². The molecule has 1 aromatic rings. The van der Waals surface area contributed by atoms with Crippen LogP contribution in [0.3, 0.4) is 0 Å². The Kier molecular flexibility index (Phi) is 6.90. The Morgan fingerprint density at radius 1 is 1.22 bits per heavy atom. The van der Waals surface area contributed by atoms with E-state index in [0.717, 1.165) is 13.0 Å². The van der Waals surface area contributed by atoms with Gasteiger partial charge in [0, 0.05) is 10.9 Å². The highest BCUT2D eigenvalue weighted by Crippen LogP contribution is 2.25. The van der Waals surface area contributed by atoms with E-state index in [9.17, 15) is 5.11 Å². The van der Waals surface area contributed by atoms with Crippen molar-refractivity contribution in [3.63, 3.8) is 0 Å². The van der Waals surface area contributed by atoms with Gasteiger partial charge in [0.2, 0.25) is 0 Å². The molecular formula is C15H27NOS. The van der Waals surface area contributed by atoms with Crippen molar-refractivity contribution in [2.24, 2.45) is 11.8 Å². The fraction of sp³-hybridized carbons (Fsp3) is 0.733. The average Bonchev–Trinajstić information content (AvgIpc) is 2.75. The molecule has 0 aromatic carbocycles. The molecule has 0 aliphatic heterocycles. The van der Waals surface area contributed by atoms with Crippen molar-refractivity contribution >= 4 is 11.3 Å². The highest BCUT2D eigenvalue weighted by molar-refractivity contribution is 7.10. The second kappa shape index (κ2) is 7.93. The largest absolute Gasteiger partial charge is 0.393 e. The second-order valence-electron chi connectivity index (χ2n) is 5.80. The van der Waals surface area contributed by atoms with Gasteiger partial charge in [0.25, 0.3) is 0 Å². The summed E-state index contributed by atoms with van der Waals surface area (Å²) in [5.74, 6) is 1.20. The van der Waals surface area contributed by atoms with E-state index in [1.807, 2.05) is 18.3 Å². The minimum absolute atomic E-state index is 0.202. The summed E-state index contributed by atoms with van der Waals surface area (Å²) in [5, 5.41) is 15.2. The number of aliphatic hydroxyl groups excluding tert-OH is 1. The Bertz CT molecular complexity index is 308. The van der Waals surface area contributed by atoms with Crippen molar-refractivity contribution in [1.82, 2.24) is 5.32 Å². The zero-order valence-electron chi connectivity index (χ0n) is 12.0. The molecule has 0 saturated heterocycles. The van der Waals surface area contributed by atoms with Crippen LogP contribution >= 0.6 is 11.3 Å². The Labute approximate surface area is 115 Å². The van der Waals surface area contributed by atoms with Gasteiger partial charge in [0.05, 0.1) is 6.10 Å². The number of thiophene rings is 1. The standard InChI is InChI=1S/C15H27NOS/c1-11(2)8-14(15-6-5-7-18-15)16-10-12(3)9-13(4)17/h5-7,11-14,16-17H,8-10H2,1-4H3. The highest BCUT2D eigenvalue weighted by Gasteiger charge is 2.15. The summed E-state index contributed by atoms with van der Waals surface area (Å²) in [7, 11) is 0. The van der Waals surface area contributed by atoms with Crippen LogP contribution in [-0.2, 0) is 0 Å². The van der Waals surface area contributed by atoms with Crippen LogP contribution in [0.15, 0.2) is 17.5 Å². The Morgan fingerprint density at radius 3 is 2.44 bits per heavy atom. The molecule has 0 spiro atoms. The lowest BCUT2D eigenvalue weighted by Gasteiger charge is -2.22. The number of nitrogens with one attached hydrogen (secondary N) is 1. The molecule has 3 atom stereocenters. The van der Waals surface area contributed by atoms with Gasteiger partial charge in [-0.2, -0.15) is 0 Å². The number of hydrogen-bond acceptors (Lipinski definition) is 3. The first kappa shape index (κ1) is 15.7. The number of rotatable bonds is 8. The Hall–Kier alpha value is -0.380. The van der Waals surface area contributed by atoms with Crippen molar-refractivity contribution in [3.8, 4) is 0 Å². The summed E-state index contributed by atoms with van der Waals surface area (Å²) in [6.45, 7) is 9.56. The molecule has 0 aliphatic carbocycles. The van der Waals surface area contributed by atoms with E-state index in [2.05, 4.69) is 43.6 Å². The molecule has 1 heterocycles. The first-order valence-electron chi connectivity index (χ1n) is 6.93. The molecule has 1 rings (SSSR count). The van der Waals surface area contributed by atoms with Crippen molar-refractivity contribution in [2.75, 3.05) is 6.54 Å². The lowest BCUT2D eigenvalue weighted by molar-refractivity contribution is 0.162. The van der Waals surface area contributed by atoms with E-state index in [1.165, 1.54) is 11.3 Å². The van der Waals surface area contributed by atoms with Crippen LogP contribution in [0, 0.1) is 11.8 Å². The minimum atomic E-state index is -0.202. The molecule has 2 nitrogen and oxygen atoms in total. The molecule has 0 fully saturated rings. The van der Waals surface area contributed by atoms with Gasteiger partial charge in [0.15, 0.2) is 0 Å². The van der Waals surface area contributed by atoms with Crippen LogP contribution in [0.25, 0.3) is 0 Å². The van der Waals surface area contributed by atoms with Gasteiger partial charge < -0.3 is 10.4 Å². The smallest absolute Gasteiger partial charge is 0.0515 e. The zero-order chi connectivity index (χ0) is 13.5. The fourth-order valence-corrected chi connectivity index (χ4v) is 3.09. The molecule has 3 unspecified atom stereocenters. The van der Waals surface area contributed by atoms with Crippen molar-refractivity contribution in [1.29, 1.82) is 0 Å². The molecule has 3 heteroatoms. The molecule has 0 bridgehead atoms. The van der Waals surface area contributed by atoms with E-state index in [-0.39, 0.29) is 6.10 Å². The van der Waals surface area contributed by atoms with Gasteiger partial charge in [-0.3, -0.25) is 0 Å². The quantitative estimate of drug-likeness (QED) is 0.751. The van der Waals surface area contributed by atoms with Gasteiger partial charge in [-0.25, -0.2) is 0 Å². The third kappa shape index (κ3) is 5.98. The summed E-state index contributed by atoms with van der Waals surface area (Å²) in [4.78, 5) is 1.42. The lowest BCUT2D eigenvalue weighted by atomic mass is 10.00.